The minimum absolute atomic E-state index is 0.0939. The normalized spacial score (nSPS) is 12.9. The van der Waals surface area contributed by atoms with Crippen molar-refractivity contribution >= 4 is 17.9 Å². The highest BCUT2D eigenvalue weighted by Crippen LogP contribution is 2.31. The minimum Gasteiger partial charge on any atom is -0.508 e. The van der Waals surface area contributed by atoms with Crippen LogP contribution in [0.1, 0.15) is 58.2 Å². The number of para-hydroxylation sites is 1. The van der Waals surface area contributed by atoms with Gasteiger partial charge in [0.25, 0.3) is 0 Å². The number of hydrogen-bond donors (Lipinski definition) is 3. The van der Waals surface area contributed by atoms with E-state index in [-0.39, 0.29) is 24.9 Å². The number of alkyl carbamates (subject to hydrolysis) is 1. The first-order chi connectivity index (χ1) is 16.0. The summed E-state index contributed by atoms with van der Waals surface area (Å²) in [6, 6.07) is 14.4. The lowest BCUT2D eigenvalue weighted by Crippen LogP contribution is -2.51. The minimum atomic E-state index is -1.09. The lowest BCUT2D eigenvalue weighted by molar-refractivity contribution is -0.142. The largest absolute Gasteiger partial charge is 0.508 e. The summed E-state index contributed by atoms with van der Waals surface area (Å²) in [6.45, 7) is 8.82. The number of phenols is 1. The first-order valence-electron chi connectivity index (χ1n) is 11.4. The molecule has 0 spiro atoms. The van der Waals surface area contributed by atoms with Crippen LogP contribution in [0.3, 0.4) is 0 Å². The second-order valence-corrected chi connectivity index (χ2v) is 9.08. The van der Waals surface area contributed by atoms with E-state index < -0.39 is 29.6 Å². The Balaban J connectivity index is 2.32. The number of nitrogens with zero attached hydrogens (tertiary/aromatic N) is 1. The second kappa shape index (κ2) is 12.1. The third kappa shape index (κ3) is 7.79. The summed E-state index contributed by atoms with van der Waals surface area (Å²) in [4.78, 5) is 40.2. The molecule has 3 amide bonds. The predicted octanol–water partition coefficient (Wildman–Crippen LogP) is 3.90. The van der Waals surface area contributed by atoms with Crippen LogP contribution in [-0.2, 0) is 20.9 Å². The Morgan fingerprint density at radius 1 is 1.00 bits per heavy atom. The fourth-order valence-corrected chi connectivity index (χ4v) is 3.41. The Hall–Kier alpha value is -3.55. The van der Waals surface area contributed by atoms with E-state index in [1.54, 1.807) is 39.0 Å². The maximum atomic E-state index is 13.4. The van der Waals surface area contributed by atoms with Gasteiger partial charge in [-0.25, -0.2) is 4.79 Å². The molecule has 2 aromatic rings. The SMILES string of the molecule is CCC(C)N(C(=O)CNC(=O)OC(C)(C)C)C(C(=O)NCc1ccccc1)c1ccccc1O. The molecule has 0 aliphatic rings. The van der Waals surface area contributed by atoms with Crippen LogP contribution in [-0.4, -0.2) is 46.1 Å². The molecule has 0 saturated carbocycles. The Bertz CT molecular complexity index is 972. The molecule has 184 valence electrons. The number of amides is 3. The summed E-state index contributed by atoms with van der Waals surface area (Å²) >= 11 is 0. The molecule has 0 radical (unpaired) electrons. The second-order valence-electron chi connectivity index (χ2n) is 9.08. The molecular formula is C26H35N3O5. The van der Waals surface area contributed by atoms with Gasteiger partial charge in [-0.3, -0.25) is 9.59 Å². The van der Waals surface area contributed by atoms with Crippen LogP contribution in [0.15, 0.2) is 54.6 Å². The number of carbonyl (C=O) groups excluding carboxylic acids is 3. The lowest BCUT2D eigenvalue weighted by atomic mass is 10.00. The number of rotatable bonds is 9. The average molecular weight is 470 g/mol. The smallest absolute Gasteiger partial charge is 0.408 e. The Kier molecular flexibility index (Phi) is 9.47. The summed E-state index contributed by atoms with van der Waals surface area (Å²) in [5.74, 6) is -0.997. The lowest BCUT2D eigenvalue weighted by Gasteiger charge is -2.36. The number of benzene rings is 2. The fourth-order valence-electron chi connectivity index (χ4n) is 3.41. The molecule has 2 aromatic carbocycles. The van der Waals surface area contributed by atoms with Crippen molar-refractivity contribution in [2.24, 2.45) is 0 Å². The van der Waals surface area contributed by atoms with Gasteiger partial charge in [-0.05, 0) is 45.7 Å². The summed E-state index contributed by atoms with van der Waals surface area (Å²) in [5.41, 5.74) is 0.498. The van der Waals surface area contributed by atoms with Crippen molar-refractivity contribution in [1.29, 1.82) is 0 Å². The average Bonchev–Trinajstić information content (AvgIpc) is 2.79. The van der Waals surface area contributed by atoms with Crippen LogP contribution in [0.2, 0.25) is 0 Å². The number of aromatic hydroxyl groups is 1. The van der Waals surface area contributed by atoms with Gasteiger partial charge >= 0.3 is 6.09 Å². The van der Waals surface area contributed by atoms with Gasteiger partial charge < -0.3 is 25.4 Å². The summed E-state index contributed by atoms with van der Waals surface area (Å²) in [7, 11) is 0. The zero-order chi connectivity index (χ0) is 25.3. The molecule has 34 heavy (non-hydrogen) atoms. The van der Waals surface area contributed by atoms with Gasteiger partial charge in [-0.2, -0.15) is 0 Å². The van der Waals surface area contributed by atoms with Crippen molar-refractivity contribution in [3.8, 4) is 5.75 Å². The number of hydrogen-bond acceptors (Lipinski definition) is 5. The number of phenolic OH excluding ortho intramolecular Hbond substituents is 1. The summed E-state index contributed by atoms with van der Waals surface area (Å²) in [5, 5.41) is 15.9. The molecule has 8 nitrogen and oxygen atoms in total. The summed E-state index contributed by atoms with van der Waals surface area (Å²) in [6.07, 6.45) is -0.161. The predicted molar refractivity (Wildman–Crippen MR) is 130 cm³/mol. The molecule has 0 saturated heterocycles. The highest BCUT2D eigenvalue weighted by molar-refractivity contribution is 5.91. The van der Waals surface area contributed by atoms with E-state index in [2.05, 4.69) is 10.6 Å². The quantitative estimate of drug-likeness (QED) is 0.516. The van der Waals surface area contributed by atoms with E-state index >= 15 is 0 Å². The first kappa shape index (κ1) is 26.7. The molecule has 0 aliphatic carbocycles. The maximum absolute atomic E-state index is 13.4. The molecule has 2 rings (SSSR count). The third-order valence-corrected chi connectivity index (χ3v) is 5.20. The molecule has 8 heteroatoms. The van der Waals surface area contributed by atoms with Crippen molar-refractivity contribution in [3.63, 3.8) is 0 Å². The van der Waals surface area contributed by atoms with Gasteiger partial charge in [-0.1, -0.05) is 55.5 Å². The van der Waals surface area contributed by atoms with E-state index in [9.17, 15) is 19.5 Å². The topological polar surface area (TPSA) is 108 Å². The molecule has 2 unspecified atom stereocenters. The van der Waals surface area contributed by atoms with Crippen LogP contribution >= 0.6 is 0 Å². The van der Waals surface area contributed by atoms with Gasteiger partial charge in [0.05, 0.1) is 0 Å². The van der Waals surface area contributed by atoms with Crippen molar-refractivity contribution in [2.45, 2.75) is 65.3 Å². The van der Waals surface area contributed by atoms with Gasteiger partial charge in [0.1, 0.15) is 23.9 Å². The van der Waals surface area contributed by atoms with Crippen LogP contribution in [0.25, 0.3) is 0 Å². The van der Waals surface area contributed by atoms with Crippen molar-refractivity contribution in [3.05, 3.63) is 65.7 Å². The van der Waals surface area contributed by atoms with Crippen molar-refractivity contribution in [1.82, 2.24) is 15.5 Å². The van der Waals surface area contributed by atoms with Crippen LogP contribution in [0.4, 0.5) is 4.79 Å². The zero-order valence-corrected chi connectivity index (χ0v) is 20.5. The van der Waals surface area contributed by atoms with Gasteiger partial charge in [0.15, 0.2) is 0 Å². The van der Waals surface area contributed by atoms with Crippen LogP contribution in [0, 0.1) is 0 Å². The van der Waals surface area contributed by atoms with E-state index in [4.69, 9.17) is 4.74 Å². The molecular weight excluding hydrogens is 434 g/mol. The fraction of sp³-hybridized carbons (Fsp3) is 0.423. The van der Waals surface area contributed by atoms with Gasteiger partial charge in [0.2, 0.25) is 11.8 Å². The Labute approximate surface area is 201 Å². The van der Waals surface area contributed by atoms with Crippen molar-refractivity contribution < 1.29 is 24.2 Å². The monoisotopic (exact) mass is 469 g/mol. The molecule has 0 aliphatic heterocycles. The van der Waals surface area contributed by atoms with E-state index in [1.165, 1.54) is 11.0 Å². The number of ether oxygens (including phenoxy) is 1. The van der Waals surface area contributed by atoms with Gasteiger partial charge in [-0.15, -0.1) is 0 Å². The highest BCUT2D eigenvalue weighted by Gasteiger charge is 2.35. The number of carbonyl (C=O) groups is 3. The molecule has 0 heterocycles. The molecule has 0 bridgehead atoms. The first-order valence-corrected chi connectivity index (χ1v) is 11.4. The Morgan fingerprint density at radius 3 is 2.21 bits per heavy atom. The molecule has 0 fully saturated rings. The van der Waals surface area contributed by atoms with E-state index in [0.29, 0.717) is 12.0 Å². The van der Waals surface area contributed by atoms with Crippen LogP contribution < -0.4 is 10.6 Å². The zero-order valence-electron chi connectivity index (χ0n) is 20.5. The summed E-state index contributed by atoms with van der Waals surface area (Å²) < 4.78 is 5.21. The molecule has 0 aromatic heterocycles. The van der Waals surface area contributed by atoms with E-state index in [0.717, 1.165) is 5.56 Å². The molecule has 3 N–H and O–H groups in total. The van der Waals surface area contributed by atoms with Gasteiger partial charge in [0, 0.05) is 18.2 Å². The third-order valence-electron chi connectivity index (χ3n) is 5.20. The van der Waals surface area contributed by atoms with Crippen molar-refractivity contribution in [2.75, 3.05) is 6.54 Å². The molecule has 2 atom stereocenters. The Morgan fingerprint density at radius 2 is 1.62 bits per heavy atom. The highest BCUT2D eigenvalue weighted by atomic mass is 16.6. The maximum Gasteiger partial charge on any atom is 0.408 e. The number of nitrogens with one attached hydrogen (secondary N) is 2. The van der Waals surface area contributed by atoms with Crippen LogP contribution in [0.5, 0.6) is 5.75 Å². The standard InChI is InChI=1S/C26H35N3O5/c1-6-18(2)29(22(31)17-28-25(33)34-26(3,4)5)23(20-14-10-11-15-21(20)30)24(32)27-16-19-12-8-7-9-13-19/h7-15,18,23,30H,6,16-17H2,1-5H3,(H,27,32)(H,28,33). The van der Waals surface area contributed by atoms with E-state index in [1.807, 2.05) is 44.2 Å².